The lowest BCUT2D eigenvalue weighted by Gasteiger charge is -2.22. The van der Waals surface area contributed by atoms with Gasteiger partial charge in [0.1, 0.15) is 5.69 Å². The Hall–Kier alpha value is -3.51. The average Bonchev–Trinajstić information content (AvgIpc) is 3.43. The number of benzene rings is 1. The quantitative estimate of drug-likeness (QED) is 0.416. The zero-order chi connectivity index (χ0) is 19.9. The van der Waals surface area contributed by atoms with Crippen LogP contribution in [0.25, 0.3) is 44.5 Å². The van der Waals surface area contributed by atoms with Crippen molar-refractivity contribution in [2.24, 2.45) is 0 Å². The first-order valence-corrected chi connectivity index (χ1v) is 10.4. The Labute approximate surface area is 173 Å². The van der Waals surface area contributed by atoms with Crippen LogP contribution in [0.1, 0.15) is 24.3 Å². The van der Waals surface area contributed by atoms with Crippen LogP contribution in [-0.2, 0) is 0 Å². The lowest BCUT2D eigenvalue weighted by atomic mass is 9.91. The van der Waals surface area contributed by atoms with E-state index in [4.69, 9.17) is 0 Å². The van der Waals surface area contributed by atoms with E-state index in [1.54, 1.807) is 0 Å². The van der Waals surface area contributed by atoms with E-state index in [0.29, 0.717) is 5.92 Å². The molecule has 0 unspecified atom stereocenters. The Morgan fingerprint density at radius 1 is 0.933 bits per heavy atom. The monoisotopic (exact) mass is 394 g/mol. The van der Waals surface area contributed by atoms with E-state index >= 15 is 0 Å². The van der Waals surface area contributed by atoms with Crippen LogP contribution in [0.15, 0.2) is 61.1 Å². The number of nitrogens with zero attached hydrogens (tertiary/aromatic N) is 3. The molecule has 0 bridgehead atoms. The van der Waals surface area contributed by atoms with Crippen molar-refractivity contribution in [3.63, 3.8) is 0 Å². The first kappa shape index (κ1) is 17.4. The molecule has 6 rings (SSSR count). The molecule has 0 atom stereocenters. The molecule has 1 aliphatic heterocycles. The topological polar surface area (TPSA) is 82.3 Å². The van der Waals surface area contributed by atoms with Crippen LogP contribution < -0.4 is 5.32 Å². The molecule has 148 valence electrons. The highest BCUT2D eigenvalue weighted by atomic mass is 15.2. The van der Waals surface area contributed by atoms with Crippen molar-refractivity contribution >= 4 is 21.9 Å². The van der Waals surface area contributed by atoms with Crippen molar-refractivity contribution in [3.05, 3.63) is 66.6 Å². The molecule has 30 heavy (non-hydrogen) atoms. The van der Waals surface area contributed by atoms with Crippen LogP contribution in [0.4, 0.5) is 0 Å². The van der Waals surface area contributed by atoms with Crippen LogP contribution in [0, 0.1) is 0 Å². The molecule has 0 spiro atoms. The van der Waals surface area contributed by atoms with E-state index < -0.39 is 0 Å². The first-order valence-electron chi connectivity index (χ1n) is 10.4. The summed E-state index contributed by atoms with van der Waals surface area (Å²) in [7, 11) is 0. The van der Waals surface area contributed by atoms with Crippen molar-refractivity contribution < 1.29 is 0 Å². The summed E-state index contributed by atoms with van der Waals surface area (Å²) in [6.07, 6.45) is 7.98. The van der Waals surface area contributed by atoms with Gasteiger partial charge in [-0.25, -0.2) is 4.98 Å². The predicted octanol–water partition coefficient (Wildman–Crippen LogP) is 4.64. The van der Waals surface area contributed by atoms with Gasteiger partial charge in [0.05, 0.1) is 5.69 Å². The largest absolute Gasteiger partial charge is 0.353 e. The summed E-state index contributed by atoms with van der Waals surface area (Å²) in [5.74, 6) is 0.562. The summed E-state index contributed by atoms with van der Waals surface area (Å²) in [5, 5.41) is 13.4. The second-order valence-corrected chi connectivity index (χ2v) is 7.95. The van der Waals surface area contributed by atoms with Gasteiger partial charge in [-0.15, -0.1) is 0 Å². The smallest absolute Gasteiger partial charge is 0.155 e. The molecule has 6 heteroatoms. The first-order chi connectivity index (χ1) is 14.9. The van der Waals surface area contributed by atoms with Crippen molar-refractivity contribution in [1.82, 2.24) is 30.5 Å². The minimum atomic E-state index is 0.562. The highest BCUT2D eigenvalue weighted by molar-refractivity contribution is 6.00. The molecule has 0 radical (unpaired) electrons. The molecule has 5 aromatic rings. The minimum Gasteiger partial charge on any atom is -0.353 e. The summed E-state index contributed by atoms with van der Waals surface area (Å²) in [5.41, 5.74) is 7.50. The lowest BCUT2D eigenvalue weighted by molar-refractivity contribution is 0.460. The predicted molar refractivity (Wildman–Crippen MR) is 119 cm³/mol. The number of pyridine rings is 2. The molecular weight excluding hydrogens is 372 g/mol. The molecule has 3 N–H and O–H groups in total. The van der Waals surface area contributed by atoms with Crippen molar-refractivity contribution in [1.29, 1.82) is 0 Å². The second-order valence-electron chi connectivity index (χ2n) is 7.95. The fraction of sp³-hybridized carbons (Fsp3) is 0.208. The van der Waals surface area contributed by atoms with Crippen LogP contribution in [0.2, 0.25) is 0 Å². The maximum Gasteiger partial charge on any atom is 0.155 e. The third-order valence-electron chi connectivity index (χ3n) is 6.16. The van der Waals surface area contributed by atoms with E-state index in [-0.39, 0.29) is 0 Å². The molecule has 0 amide bonds. The van der Waals surface area contributed by atoms with Crippen molar-refractivity contribution in [3.8, 4) is 22.5 Å². The van der Waals surface area contributed by atoms with E-state index in [0.717, 1.165) is 59.4 Å². The van der Waals surface area contributed by atoms with Gasteiger partial charge in [-0.05, 0) is 78.9 Å². The molecule has 1 aromatic carbocycles. The zero-order valence-electron chi connectivity index (χ0n) is 16.5. The number of fused-ring (bicyclic) bond motifs is 2. The van der Waals surface area contributed by atoms with Gasteiger partial charge in [0.15, 0.2) is 5.65 Å². The van der Waals surface area contributed by atoms with E-state index in [2.05, 4.69) is 60.8 Å². The van der Waals surface area contributed by atoms with E-state index in [1.807, 2.05) is 30.7 Å². The minimum absolute atomic E-state index is 0.562. The zero-order valence-corrected chi connectivity index (χ0v) is 16.5. The van der Waals surface area contributed by atoms with Gasteiger partial charge >= 0.3 is 0 Å². The normalized spacial score (nSPS) is 15.2. The van der Waals surface area contributed by atoms with E-state index in [9.17, 15) is 0 Å². The Balaban J connectivity index is 1.47. The Morgan fingerprint density at radius 2 is 1.80 bits per heavy atom. The maximum atomic E-state index is 4.66. The van der Waals surface area contributed by atoms with E-state index in [1.165, 1.54) is 16.5 Å². The van der Waals surface area contributed by atoms with Crippen LogP contribution in [0.3, 0.4) is 0 Å². The highest BCUT2D eigenvalue weighted by Crippen LogP contribution is 2.35. The Bertz CT molecular complexity index is 1330. The molecule has 1 saturated heterocycles. The summed E-state index contributed by atoms with van der Waals surface area (Å²) in [4.78, 5) is 12.4. The third-order valence-corrected chi connectivity index (χ3v) is 6.16. The van der Waals surface area contributed by atoms with Crippen LogP contribution in [0.5, 0.6) is 0 Å². The van der Waals surface area contributed by atoms with Gasteiger partial charge in [0.2, 0.25) is 0 Å². The lowest BCUT2D eigenvalue weighted by Crippen LogP contribution is -2.26. The summed E-state index contributed by atoms with van der Waals surface area (Å²) in [6.45, 7) is 2.14. The number of H-pyrrole nitrogens is 2. The molecular formula is C24H22N6. The van der Waals surface area contributed by atoms with Gasteiger partial charge in [-0.2, -0.15) is 5.10 Å². The molecule has 0 aliphatic carbocycles. The van der Waals surface area contributed by atoms with Gasteiger partial charge in [-0.3, -0.25) is 10.1 Å². The van der Waals surface area contributed by atoms with Gasteiger partial charge < -0.3 is 10.3 Å². The van der Waals surface area contributed by atoms with Gasteiger partial charge in [0, 0.05) is 34.9 Å². The van der Waals surface area contributed by atoms with Gasteiger partial charge in [-0.1, -0.05) is 12.1 Å². The number of aromatic amines is 2. The fourth-order valence-electron chi connectivity index (χ4n) is 4.57. The molecule has 6 nitrogen and oxygen atoms in total. The third kappa shape index (κ3) is 2.88. The maximum absolute atomic E-state index is 4.66. The van der Waals surface area contributed by atoms with Crippen LogP contribution >= 0.6 is 0 Å². The van der Waals surface area contributed by atoms with Gasteiger partial charge in [0.25, 0.3) is 0 Å². The van der Waals surface area contributed by atoms with Crippen LogP contribution in [-0.4, -0.2) is 38.2 Å². The number of aromatic nitrogens is 5. The molecule has 4 aromatic heterocycles. The average molecular weight is 394 g/mol. The summed E-state index contributed by atoms with van der Waals surface area (Å²) >= 11 is 0. The number of nitrogens with one attached hydrogen (secondary N) is 3. The SMILES string of the molecule is c1cc(-c2ccncc2)c2cc(-c3n[nH]c4ncc(C5CCNCC5)cc34)[nH]c2c1. The van der Waals surface area contributed by atoms with Crippen molar-refractivity contribution in [2.75, 3.05) is 13.1 Å². The Kier molecular flexibility index (Phi) is 4.09. The summed E-state index contributed by atoms with van der Waals surface area (Å²) < 4.78 is 0. The summed E-state index contributed by atoms with van der Waals surface area (Å²) in [6, 6.07) is 14.9. The number of hydrogen-bond acceptors (Lipinski definition) is 4. The second kappa shape index (κ2) is 7.07. The molecule has 5 heterocycles. The standard InChI is InChI=1S/C24H22N6/c1-2-18(16-6-10-26-11-7-16)19-13-22(28-21(19)3-1)23-20-12-17(14-27-24(20)30-29-23)15-4-8-25-9-5-15/h1-3,6-7,10-15,25,28H,4-5,8-9H2,(H,27,29,30). The number of rotatable bonds is 3. The molecule has 1 fully saturated rings. The Morgan fingerprint density at radius 3 is 2.67 bits per heavy atom. The molecule has 0 saturated carbocycles. The molecule has 1 aliphatic rings. The number of piperidine rings is 1. The van der Waals surface area contributed by atoms with Crippen molar-refractivity contribution in [2.45, 2.75) is 18.8 Å². The number of hydrogen-bond donors (Lipinski definition) is 3. The highest BCUT2D eigenvalue weighted by Gasteiger charge is 2.19. The fourth-order valence-corrected chi connectivity index (χ4v) is 4.57.